The molecule has 1 aromatic heterocycles. The lowest BCUT2D eigenvalue weighted by Crippen LogP contribution is -2.15. The van der Waals surface area contributed by atoms with Gasteiger partial charge in [0.2, 0.25) is 0 Å². The third-order valence-corrected chi connectivity index (χ3v) is 4.00. The highest BCUT2D eigenvalue weighted by Crippen LogP contribution is 2.22. The molecule has 0 unspecified atom stereocenters. The summed E-state index contributed by atoms with van der Waals surface area (Å²) in [7, 11) is 0. The van der Waals surface area contributed by atoms with Gasteiger partial charge in [0.25, 0.3) is 5.91 Å². The number of aromatic nitrogens is 2. The van der Waals surface area contributed by atoms with Crippen molar-refractivity contribution in [3.63, 3.8) is 0 Å². The summed E-state index contributed by atoms with van der Waals surface area (Å²) in [5.74, 6) is 0.231. The van der Waals surface area contributed by atoms with Gasteiger partial charge in [0.05, 0.1) is 12.4 Å². The van der Waals surface area contributed by atoms with Crippen LogP contribution in [0.25, 0.3) is 0 Å². The van der Waals surface area contributed by atoms with Crippen LogP contribution in [0.4, 0.5) is 11.5 Å². The fraction of sp³-hybridized carbons (Fsp3) is 0.105. The number of nitrogens with zero attached hydrogens (tertiary/aromatic N) is 2. The smallest absolute Gasteiger partial charge is 0.275 e. The maximum atomic E-state index is 12.2. The molecule has 5 nitrogen and oxygen atoms in total. The van der Waals surface area contributed by atoms with Crippen molar-refractivity contribution in [3.8, 4) is 0 Å². The normalized spacial score (nSPS) is 10.4. The van der Waals surface area contributed by atoms with Gasteiger partial charge in [-0.1, -0.05) is 53.5 Å². The summed E-state index contributed by atoms with van der Waals surface area (Å²) in [4.78, 5) is 20.6. The van der Waals surface area contributed by atoms with Gasteiger partial charge in [0.15, 0.2) is 0 Å². The summed E-state index contributed by atoms with van der Waals surface area (Å²) < 4.78 is 0. The van der Waals surface area contributed by atoms with Crippen LogP contribution in [0.3, 0.4) is 0 Å². The van der Waals surface area contributed by atoms with Crippen LogP contribution in [0, 0.1) is 0 Å². The van der Waals surface area contributed by atoms with Crippen molar-refractivity contribution in [3.05, 3.63) is 82.2 Å². The van der Waals surface area contributed by atoms with E-state index in [0.717, 1.165) is 13.0 Å². The van der Waals surface area contributed by atoms with Crippen molar-refractivity contribution in [1.29, 1.82) is 0 Å². The Morgan fingerprint density at radius 1 is 0.962 bits per heavy atom. The lowest BCUT2D eigenvalue weighted by atomic mass is 10.1. The van der Waals surface area contributed by atoms with Crippen molar-refractivity contribution >= 4 is 40.6 Å². The fourth-order valence-electron chi connectivity index (χ4n) is 2.34. The first-order valence-electron chi connectivity index (χ1n) is 7.97. The van der Waals surface area contributed by atoms with Crippen molar-refractivity contribution in [2.75, 3.05) is 17.2 Å². The van der Waals surface area contributed by atoms with Gasteiger partial charge < -0.3 is 10.6 Å². The summed E-state index contributed by atoms with van der Waals surface area (Å²) in [5.41, 5.74) is 1.94. The van der Waals surface area contributed by atoms with Gasteiger partial charge in [-0.3, -0.25) is 4.79 Å². The average Bonchev–Trinajstić information content (AvgIpc) is 2.62. The predicted molar refractivity (Wildman–Crippen MR) is 105 cm³/mol. The highest BCUT2D eigenvalue weighted by atomic mass is 35.5. The van der Waals surface area contributed by atoms with Gasteiger partial charge in [0.1, 0.15) is 11.5 Å². The molecular weight excluding hydrogens is 371 g/mol. The Hall–Kier alpha value is -2.63. The number of nitrogens with one attached hydrogen (secondary N) is 2. The Kier molecular flexibility index (Phi) is 6.04. The molecule has 0 saturated carbocycles. The van der Waals surface area contributed by atoms with Crippen LogP contribution >= 0.6 is 23.2 Å². The molecule has 0 bridgehead atoms. The monoisotopic (exact) mass is 386 g/mol. The molecule has 2 aromatic carbocycles. The van der Waals surface area contributed by atoms with Crippen LogP contribution < -0.4 is 10.6 Å². The standard InChI is InChI=1S/C19H16Cl2N4O/c20-14-8-15(21)10-16(9-14)25-19(26)17-11-24-18(12-23-17)22-7-6-13-4-2-1-3-5-13/h1-5,8-12H,6-7H2,(H,22,24)(H,25,26). The number of rotatable bonds is 6. The largest absolute Gasteiger partial charge is 0.368 e. The molecule has 0 fully saturated rings. The van der Waals surface area contributed by atoms with E-state index < -0.39 is 0 Å². The molecule has 132 valence electrons. The van der Waals surface area contributed by atoms with Gasteiger partial charge in [-0.2, -0.15) is 0 Å². The molecule has 1 heterocycles. The number of anilines is 2. The molecule has 0 aliphatic heterocycles. The van der Waals surface area contributed by atoms with Crippen LogP contribution in [-0.2, 0) is 6.42 Å². The minimum atomic E-state index is -0.383. The topological polar surface area (TPSA) is 66.9 Å². The molecule has 26 heavy (non-hydrogen) atoms. The highest BCUT2D eigenvalue weighted by Gasteiger charge is 2.09. The minimum Gasteiger partial charge on any atom is -0.368 e. The second kappa shape index (κ2) is 8.65. The van der Waals surface area contributed by atoms with E-state index >= 15 is 0 Å². The lowest BCUT2D eigenvalue weighted by Gasteiger charge is -2.07. The summed E-state index contributed by atoms with van der Waals surface area (Å²) in [6.07, 6.45) is 3.83. The molecule has 0 aliphatic carbocycles. The second-order valence-electron chi connectivity index (χ2n) is 5.56. The summed E-state index contributed by atoms with van der Waals surface area (Å²) in [6.45, 7) is 0.727. The molecule has 3 rings (SSSR count). The Balaban J connectivity index is 1.55. The minimum absolute atomic E-state index is 0.203. The maximum absolute atomic E-state index is 12.2. The Bertz CT molecular complexity index is 866. The van der Waals surface area contributed by atoms with E-state index in [2.05, 4.69) is 32.7 Å². The van der Waals surface area contributed by atoms with Crippen molar-refractivity contribution in [2.45, 2.75) is 6.42 Å². The van der Waals surface area contributed by atoms with E-state index in [1.54, 1.807) is 18.2 Å². The summed E-state index contributed by atoms with van der Waals surface area (Å²) in [5, 5.41) is 6.76. The molecule has 0 spiro atoms. The number of hydrogen-bond acceptors (Lipinski definition) is 4. The van der Waals surface area contributed by atoms with Gasteiger partial charge in [-0.25, -0.2) is 9.97 Å². The Morgan fingerprint density at radius 2 is 1.69 bits per heavy atom. The first kappa shape index (κ1) is 18.2. The van der Waals surface area contributed by atoms with Crippen LogP contribution in [0.5, 0.6) is 0 Å². The average molecular weight is 387 g/mol. The van der Waals surface area contributed by atoms with E-state index in [1.807, 2.05) is 18.2 Å². The zero-order chi connectivity index (χ0) is 18.4. The second-order valence-corrected chi connectivity index (χ2v) is 6.43. The molecule has 0 radical (unpaired) electrons. The van der Waals surface area contributed by atoms with Gasteiger partial charge in [-0.05, 0) is 30.2 Å². The molecule has 3 aromatic rings. The molecule has 0 aliphatic rings. The highest BCUT2D eigenvalue weighted by molar-refractivity contribution is 6.35. The third kappa shape index (κ3) is 5.18. The quantitative estimate of drug-likeness (QED) is 0.644. The molecule has 7 heteroatoms. The molecule has 1 amide bonds. The zero-order valence-electron chi connectivity index (χ0n) is 13.7. The van der Waals surface area contributed by atoms with E-state index in [1.165, 1.54) is 18.0 Å². The number of amides is 1. The molecule has 2 N–H and O–H groups in total. The van der Waals surface area contributed by atoms with Crippen molar-refractivity contribution < 1.29 is 4.79 Å². The number of carbonyl (C=O) groups excluding carboxylic acids is 1. The number of halogens is 2. The Morgan fingerprint density at radius 3 is 2.35 bits per heavy atom. The van der Waals surface area contributed by atoms with E-state index in [0.29, 0.717) is 21.6 Å². The summed E-state index contributed by atoms with van der Waals surface area (Å²) >= 11 is 11.8. The first-order chi connectivity index (χ1) is 12.6. The van der Waals surface area contributed by atoms with E-state index in [9.17, 15) is 4.79 Å². The molecule has 0 atom stereocenters. The number of hydrogen-bond donors (Lipinski definition) is 2. The zero-order valence-corrected chi connectivity index (χ0v) is 15.3. The molecule has 0 saturated heterocycles. The third-order valence-electron chi connectivity index (χ3n) is 3.57. The summed E-state index contributed by atoms with van der Waals surface area (Å²) in [6, 6.07) is 15.0. The van der Waals surface area contributed by atoms with Gasteiger partial charge in [0, 0.05) is 22.3 Å². The van der Waals surface area contributed by atoms with Crippen LogP contribution in [0.15, 0.2) is 60.9 Å². The van der Waals surface area contributed by atoms with Crippen LogP contribution in [0.2, 0.25) is 10.0 Å². The number of carbonyl (C=O) groups is 1. The van der Waals surface area contributed by atoms with E-state index in [-0.39, 0.29) is 11.6 Å². The lowest BCUT2D eigenvalue weighted by molar-refractivity contribution is 0.102. The van der Waals surface area contributed by atoms with E-state index in [4.69, 9.17) is 23.2 Å². The number of benzene rings is 2. The first-order valence-corrected chi connectivity index (χ1v) is 8.73. The van der Waals surface area contributed by atoms with Crippen molar-refractivity contribution in [1.82, 2.24) is 9.97 Å². The van der Waals surface area contributed by atoms with Gasteiger partial charge in [-0.15, -0.1) is 0 Å². The Labute approximate surface area is 161 Å². The SMILES string of the molecule is O=C(Nc1cc(Cl)cc(Cl)c1)c1cnc(NCCc2ccccc2)cn1. The van der Waals surface area contributed by atoms with Crippen LogP contribution in [-0.4, -0.2) is 22.4 Å². The fourth-order valence-corrected chi connectivity index (χ4v) is 2.86. The van der Waals surface area contributed by atoms with Gasteiger partial charge >= 0.3 is 0 Å². The molecular formula is C19H16Cl2N4O. The van der Waals surface area contributed by atoms with Crippen LogP contribution in [0.1, 0.15) is 16.1 Å². The maximum Gasteiger partial charge on any atom is 0.275 e. The predicted octanol–water partition coefficient (Wildman–Crippen LogP) is 4.69. The van der Waals surface area contributed by atoms with Crippen molar-refractivity contribution in [2.24, 2.45) is 0 Å².